The number of hydrogen-bond acceptors (Lipinski definition) is 3. The SMILES string of the molecule is Cc1nc2c(c(C)nn2[C@@H](C)c2ccc(C(F)(F)F)cc2)c(=O)[nH]1. The van der Waals surface area contributed by atoms with Crippen LogP contribution in [0.3, 0.4) is 0 Å². The second-order valence-electron chi connectivity index (χ2n) is 5.68. The Morgan fingerprint density at radius 1 is 1.17 bits per heavy atom. The minimum atomic E-state index is -4.37. The molecule has 24 heavy (non-hydrogen) atoms. The van der Waals surface area contributed by atoms with Crippen LogP contribution in [-0.4, -0.2) is 19.7 Å². The van der Waals surface area contributed by atoms with Gasteiger partial charge >= 0.3 is 6.18 Å². The van der Waals surface area contributed by atoms with Gasteiger partial charge in [-0.15, -0.1) is 0 Å². The maximum atomic E-state index is 12.7. The number of fused-ring (bicyclic) bond motifs is 1. The van der Waals surface area contributed by atoms with Crippen LogP contribution in [0.1, 0.15) is 35.6 Å². The van der Waals surface area contributed by atoms with E-state index in [2.05, 4.69) is 15.1 Å². The molecular weight excluding hydrogens is 321 g/mol. The Morgan fingerprint density at radius 3 is 2.38 bits per heavy atom. The quantitative estimate of drug-likeness (QED) is 0.780. The molecule has 0 aliphatic heterocycles. The van der Waals surface area contributed by atoms with Crippen molar-refractivity contribution in [2.24, 2.45) is 0 Å². The van der Waals surface area contributed by atoms with Gasteiger partial charge in [-0.2, -0.15) is 18.3 Å². The fourth-order valence-corrected chi connectivity index (χ4v) is 2.68. The van der Waals surface area contributed by atoms with Crippen LogP contribution >= 0.6 is 0 Å². The summed E-state index contributed by atoms with van der Waals surface area (Å²) in [6, 6.07) is 4.54. The van der Waals surface area contributed by atoms with Crippen LogP contribution < -0.4 is 5.56 Å². The third-order valence-corrected chi connectivity index (χ3v) is 3.94. The van der Waals surface area contributed by atoms with Gasteiger partial charge < -0.3 is 4.98 Å². The predicted molar refractivity (Wildman–Crippen MR) is 82.9 cm³/mol. The zero-order chi connectivity index (χ0) is 17.6. The van der Waals surface area contributed by atoms with E-state index >= 15 is 0 Å². The van der Waals surface area contributed by atoms with E-state index in [9.17, 15) is 18.0 Å². The molecule has 0 radical (unpaired) electrons. The summed E-state index contributed by atoms with van der Waals surface area (Å²) in [6.07, 6.45) is -4.37. The smallest absolute Gasteiger partial charge is 0.310 e. The Morgan fingerprint density at radius 2 is 1.79 bits per heavy atom. The predicted octanol–water partition coefficient (Wildman–Crippen LogP) is 3.36. The third-order valence-electron chi connectivity index (χ3n) is 3.94. The lowest BCUT2D eigenvalue weighted by molar-refractivity contribution is -0.137. The molecule has 0 spiro atoms. The molecule has 3 rings (SSSR count). The van der Waals surface area contributed by atoms with E-state index in [0.717, 1.165) is 12.1 Å². The van der Waals surface area contributed by atoms with E-state index in [1.54, 1.807) is 25.5 Å². The van der Waals surface area contributed by atoms with Crippen LogP contribution in [-0.2, 0) is 6.18 Å². The van der Waals surface area contributed by atoms with Crippen molar-refractivity contribution in [3.8, 4) is 0 Å². The zero-order valence-corrected chi connectivity index (χ0v) is 13.3. The van der Waals surface area contributed by atoms with Crippen LogP contribution in [0.5, 0.6) is 0 Å². The first-order valence-electron chi connectivity index (χ1n) is 7.31. The maximum Gasteiger partial charge on any atom is 0.416 e. The lowest BCUT2D eigenvalue weighted by atomic mass is 10.1. The second-order valence-corrected chi connectivity index (χ2v) is 5.68. The number of alkyl halides is 3. The van der Waals surface area contributed by atoms with Crippen molar-refractivity contribution in [3.63, 3.8) is 0 Å². The van der Waals surface area contributed by atoms with Gasteiger partial charge in [0.2, 0.25) is 0 Å². The summed E-state index contributed by atoms with van der Waals surface area (Å²) in [6.45, 7) is 5.16. The summed E-state index contributed by atoms with van der Waals surface area (Å²) in [5.41, 5.74) is 0.608. The number of benzene rings is 1. The number of nitrogens with zero attached hydrogens (tertiary/aromatic N) is 3. The minimum absolute atomic E-state index is 0.277. The highest BCUT2D eigenvalue weighted by Crippen LogP contribution is 2.30. The molecule has 3 aromatic rings. The van der Waals surface area contributed by atoms with E-state index in [-0.39, 0.29) is 11.6 Å². The van der Waals surface area contributed by atoms with Gasteiger partial charge in [0.25, 0.3) is 5.56 Å². The molecular formula is C16H15F3N4O. The van der Waals surface area contributed by atoms with Gasteiger partial charge in [-0.1, -0.05) is 12.1 Å². The van der Waals surface area contributed by atoms with Crippen LogP contribution in [0.25, 0.3) is 11.0 Å². The molecule has 0 unspecified atom stereocenters. The fourth-order valence-electron chi connectivity index (χ4n) is 2.68. The lowest BCUT2D eigenvalue weighted by Gasteiger charge is -2.15. The Kier molecular flexibility index (Phi) is 3.70. The molecule has 0 aliphatic rings. The van der Waals surface area contributed by atoms with E-state index in [1.165, 1.54) is 12.1 Å². The van der Waals surface area contributed by atoms with Crippen molar-refractivity contribution in [1.82, 2.24) is 19.7 Å². The van der Waals surface area contributed by atoms with Gasteiger partial charge in [-0.05, 0) is 38.5 Å². The molecule has 0 fully saturated rings. The first-order chi connectivity index (χ1) is 11.2. The number of hydrogen-bond donors (Lipinski definition) is 1. The highest BCUT2D eigenvalue weighted by molar-refractivity contribution is 5.77. The lowest BCUT2D eigenvalue weighted by Crippen LogP contribution is -2.13. The average molecular weight is 336 g/mol. The summed E-state index contributed by atoms with van der Waals surface area (Å²) in [5.74, 6) is 0.452. The van der Waals surface area contributed by atoms with Crippen LogP contribution in [0.4, 0.5) is 13.2 Å². The summed E-state index contributed by atoms with van der Waals surface area (Å²) in [5, 5.41) is 4.74. The largest absolute Gasteiger partial charge is 0.416 e. The van der Waals surface area contributed by atoms with Crippen LogP contribution in [0.15, 0.2) is 29.1 Å². The van der Waals surface area contributed by atoms with E-state index in [0.29, 0.717) is 28.1 Å². The zero-order valence-electron chi connectivity index (χ0n) is 13.3. The summed E-state index contributed by atoms with van der Waals surface area (Å²) < 4.78 is 39.6. The topological polar surface area (TPSA) is 63.6 Å². The van der Waals surface area contributed by atoms with Gasteiger partial charge in [0.05, 0.1) is 17.3 Å². The third kappa shape index (κ3) is 2.68. The molecule has 8 heteroatoms. The monoisotopic (exact) mass is 336 g/mol. The van der Waals surface area contributed by atoms with E-state index in [1.807, 2.05) is 0 Å². The minimum Gasteiger partial charge on any atom is -0.310 e. The van der Waals surface area contributed by atoms with Crippen molar-refractivity contribution in [3.05, 3.63) is 57.3 Å². The summed E-state index contributed by atoms with van der Waals surface area (Å²) in [7, 11) is 0. The molecule has 1 atom stereocenters. The van der Waals surface area contributed by atoms with E-state index in [4.69, 9.17) is 0 Å². The van der Waals surface area contributed by atoms with Crippen molar-refractivity contribution < 1.29 is 13.2 Å². The number of aromatic nitrogens is 4. The van der Waals surface area contributed by atoms with Gasteiger partial charge in [0.15, 0.2) is 5.65 Å². The molecule has 5 nitrogen and oxygen atoms in total. The fraction of sp³-hybridized carbons (Fsp3) is 0.312. The number of rotatable bonds is 2. The van der Waals surface area contributed by atoms with Crippen LogP contribution in [0, 0.1) is 13.8 Å². The summed E-state index contributed by atoms with van der Waals surface area (Å²) >= 11 is 0. The Hall–Kier alpha value is -2.64. The van der Waals surface area contributed by atoms with Gasteiger partial charge in [-0.3, -0.25) is 4.79 Å². The van der Waals surface area contributed by atoms with Gasteiger partial charge in [0.1, 0.15) is 11.2 Å². The Labute approximate surface area is 135 Å². The molecule has 0 bridgehead atoms. The molecule has 0 aliphatic carbocycles. The molecule has 1 N–H and O–H groups in total. The number of aryl methyl sites for hydroxylation is 2. The summed E-state index contributed by atoms with van der Waals surface area (Å²) in [4.78, 5) is 19.0. The molecule has 0 amide bonds. The standard InChI is InChI=1S/C16H15F3N4O/c1-8-13-14(20-10(3)21-15(13)24)23(22-8)9(2)11-4-6-12(7-5-11)16(17,18)19/h4-7,9H,1-3H3,(H,20,21,24)/t9-/m0/s1. The van der Waals surface area contributed by atoms with Gasteiger partial charge in [-0.25, -0.2) is 9.67 Å². The molecule has 0 saturated carbocycles. The number of aromatic amines is 1. The highest BCUT2D eigenvalue weighted by Gasteiger charge is 2.30. The first kappa shape index (κ1) is 16.2. The van der Waals surface area contributed by atoms with Crippen molar-refractivity contribution >= 4 is 11.0 Å². The van der Waals surface area contributed by atoms with Crippen molar-refractivity contribution in [2.75, 3.05) is 0 Å². The van der Waals surface area contributed by atoms with Crippen molar-refractivity contribution in [2.45, 2.75) is 33.0 Å². The number of halogens is 3. The molecule has 126 valence electrons. The van der Waals surface area contributed by atoms with E-state index < -0.39 is 11.7 Å². The Bertz CT molecular complexity index is 954. The van der Waals surface area contributed by atoms with Crippen LogP contribution in [0.2, 0.25) is 0 Å². The average Bonchev–Trinajstić information content (AvgIpc) is 2.82. The molecule has 1 aromatic carbocycles. The molecule has 2 aromatic heterocycles. The second kappa shape index (κ2) is 5.47. The maximum absolute atomic E-state index is 12.7. The number of nitrogens with one attached hydrogen (secondary N) is 1. The number of H-pyrrole nitrogens is 1. The van der Waals surface area contributed by atoms with Gasteiger partial charge in [0, 0.05) is 0 Å². The Balaban J connectivity index is 2.09. The normalized spacial score (nSPS) is 13.4. The molecule has 0 saturated heterocycles. The van der Waals surface area contributed by atoms with Crippen molar-refractivity contribution in [1.29, 1.82) is 0 Å². The first-order valence-corrected chi connectivity index (χ1v) is 7.31. The molecule has 2 heterocycles. The highest BCUT2D eigenvalue weighted by atomic mass is 19.4.